The van der Waals surface area contributed by atoms with Gasteiger partial charge in [-0.15, -0.1) is 0 Å². The summed E-state index contributed by atoms with van der Waals surface area (Å²) in [5.41, 5.74) is 1.08. The molecule has 22 heavy (non-hydrogen) atoms. The molecule has 1 aromatic carbocycles. The largest absolute Gasteiger partial charge is 0.340 e. The highest BCUT2D eigenvalue weighted by Gasteiger charge is 2.20. The Hall–Kier alpha value is -0.910. The molecule has 0 aromatic heterocycles. The average molecular weight is 368 g/mol. The van der Waals surface area contributed by atoms with E-state index in [2.05, 4.69) is 39.8 Å². The minimum atomic E-state index is 0.246. The summed E-state index contributed by atoms with van der Waals surface area (Å²) in [6.45, 7) is 5.98. The van der Waals surface area contributed by atoms with Crippen LogP contribution in [0.15, 0.2) is 28.7 Å². The summed E-state index contributed by atoms with van der Waals surface area (Å²) in [6, 6.07) is 8.01. The Kier molecular flexibility index (Phi) is 6.86. The fourth-order valence-corrected chi connectivity index (χ4v) is 2.98. The highest BCUT2D eigenvalue weighted by Crippen LogP contribution is 2.12. The van der Waals surface area contributed by atoms with E-state index in [1.54, 1.807) is 0 Å². The molecule has 122 valence electrons. The highest BCUT2D eigenvalue weighted by molar-refractivity contribution is 9.10. The number of rotatable bonds is 6. The van der Waals surface area contributed by atoms with Crippen molar-refractivity contribution in [2.45, 2.75) is 12.8 Å². The molecule has 5 heteroatoms. The van der Waals surface area contributed by atoms with Crippen LogP contribution in [0.4, 0.5) is 0 Å². The Labute approximate surface area is 142 Å². The molecule has 1 saturated heterocycles. The van der Waals surface area contributed by atoms with Crippen LogP contribution in [0, 0.1) is 0 Å². The van der Waals surface area contributed by atoms with Crippen LogP contribution in [0.2, 0.25) is 0 Å². The van der Waals surface area contributed by atoms with Crippen LogP contribution in [0.3, 0.4) is 0 Å². The van der Waals surface area contributed by atoms with Crippen molar-refractivity contribution in [3.8, 4) is 0 Å². The molecule has 1 fully saturated rings. The molecule has 1 heterocycles. The molecule has 1 aromatic rings. The van der Waals surface area contributed by atoms with Crippen LogP contribution in [0.1, 0.15) is 12.0 Å². The number of halogens is 1. The van der Waals surface area contributed by atoms with E-state index >= 15 is 0 Å². The molecule has 2 rings (SSSR count). The van der Waals surface area contributed by atoms with Gasteiger partial charge in [0.25, 0.3) is 0 Å². The first kappa shape index (κ1) is 17.4. The Morgan fingerprint density at radius 1 is 1.14 bits per heavy atom. The van der Waals surface area contributed by atoms with Crippen molar-refractivity contribution in [1.82, 2.24) is 14.7 Å². The predicted octanol–water partition coefficient (Wildman–Crippen LogP) is 2.09. The van der Waals surface area contributed by atoms with Crippen LogP contribution in [-0.2, 0) is 11.2 Å². The quantitative estimate of drug-likeness (QED) is 0.770. The van der Waals surface area contributed by atoms with Crippen molar-refractivity contribution in [3.05, 3.63) is 34.3 Å². The zero-order valence-electron chi connectivity index (χ0n) is 13.6. The number of carbonyl (C=O) groups excluding carboxylic acids is 1. The lowest BCUT2D eigenvalue weighted by Crippen LogP contribution is -2.49. The molecule has 0 spiro atoms. The summed E-state index contributed by atoms with van der Waals surface area (Å²) >= 11 is 3.42. The number of benzene rings is 1. The van der Waals surface area contributed by atoms with Crippen LogP contribution in [-0.4, -0.2) is 74.0 Å². The van der Waals surface area contributed by atoms with E-state index < -0.39 is 0 Å². The summed E-state index contributed by atoms with van der Waals surface area (Å²) in [5, 5.41) is 0. The first-order valence-corrected chi connectivity index (χ1v) is 8.73. The van der Waals surface area contributed by atoms with Gasteiger partial charge in [0, 0.05) is 30.7 Å². The molecule has 1 aliphatic heterocycles. The van der Waals surface area contributed by atoms with Crippen molar-refractivity contribution >= 4 is 21.8 Å². The first-order valence-electron chi connectivity index (χ1n) is 7.94. The molecule has 0 unspecified atom stereocenters. The van der Waals surface area contributed by atoms with Crippen LogP contribution in [0.25, 0.3) is 0 Å². The molecule has 0 N–H and O–H groups in total. The highest BCUT2D eigenvalue weighted by atomic mass is 79.9. The Morgan fingerprint density at radius 2 is 1.77 bits per heavy atom. The third-order valence-electron chi connectivity index (χ3n) is 4.07. The maximum absolute atomic E-state index is 12.4. The van der Waals surface area contributed by atoms with Crippen LogP contribution in [0.5, 0.6) is 0 Å². The second kappa shape index (κ2) is 8.65. The second-order valence-corrected chi connectivity index (χ2v) is 7.10. The van der Waals surface area contributed by atoms with E-state index in [0.717, 1.165) is 49.3 Å². The Morgan fingerprint density at radius 3 is 2.36 bits per heavy atom. The lowest BCUT2D eigenvalue weighted by molar-refractivity contribution is -0.132. The summed E-state index contributed by atoms with van der Waals surface area (Å²) in [4.78, 5) is 19.0. The molecule has 0 bridgehead atoms. The fraction of sp³-hybridized carbons (Fsp3) is 0.588. The number of amides is 1. The van der Waals surface area contributed by atoms with E-state index in [-0.39, 0.29) is 5.91 Å². The first-order chi connectivity index (χ1) is 10.5. The summed E-state index contributed by atoms with van der Waals surface area (Å²) in [6.07, 6.45) is 1.70. The molecule has 0 aliphatic carbocycles. The molecule has 1 aliphatic rings. The number of carbonyl (C=O) groups is 1. The third-order valence-corrected chi connectivity index (χ3v) is 4.60. The summed E-state index contributed by atoms with van der Waals surface area (Å²) in [7, 11) is 4.22. The van der Waals surface area contributed by atoms with Crippen molar-refractivity contribution in [3.63, 3.8) is 0 Å². The second-order valence-electron chi connectivity index (χ2n) is 6.18. The van der Waals surface area contributed by atoms with Gasteiger partial charge in [0.1, 0.15) is 0 Å². The monoisotopic (exact) mass is 367 g/mol. The van der Waals surface area contributed by atoms with Gasteiger partial charge in [0.15, 0.2) is 0 Å². The van der Waals surface area contributed by atoms with Crippen LogP contribution < -0.4 is 0 Å². The summed E-state index contributed by atoms with van der Waals surface area (Å²) in [5.74, 6) is 0.246. The van der Waals surface area contributed by atoms with Crippen LogP contribution >= 0.6 is 15.9 Å². The zero-order chi connectivity index (χ0) is 15.9. The Bertz CT molecular complexity index is 467. The normalized spacial score (nSPS) is 16.3. The third kappa shape index (κ3) is 5.71. The number of nitrogens with zero attached hydrogens (tertiary/aromatic N) is 3. The molecular formula is C17H26BrN3O. The standard InChI is InChI=1S/C17H26BrN3O/c1-19(2)8-3-9-20-10-12-21(13-11-20)17(22)14-15-4-6-16(18)7-5-15/h4-7H,3,8-14H2,1-2H3. The lowest BCUT2D eigenvalue weighted by atomic mass is 10.1. The average Bonchev–Trinajstić information content (AvgIpc) is 2.50. The van der Waals surface area contributed by atoms with Crippen molar-refractivity contribution in [2.75, 3.05) is 53.4 Å². The van der Waals surface area contributed by atoms with Gasteiger partial charge >= 0.3 is 0 Å². The minimum Gasteiger partial charge on any atom is -0.340 e. The van der Waals surface area contributed by atoms with Gasteiger partial charge in [-0.05, 0) is 51.3 Å². The lowest BCUT2D eigenvalue weighted by Gasteiger charge is -2.35. The van der Waals surface area contributed by atoms with Gasteiger partial charge in [-0.1, -0.05) is 28.1 Å². The van der Waals surface area contributed by atoms with E-state index in [9.17, 15) is 4.79 Å². The maximum Gasteiger partial charge on any atom is 0.227 e. The molecule has 0 saturated carbocycles. The van der Waals surface area contributed by atoms with E-state index in [0.29, 0.717) is 6.42 Å². The summed E-state index contributed by atoms with van der Waals surface area (Å²) < 4.78 is 1.05. The number of hydrogen-bond acceptors (Lipinski definition) is 3. The zero-order valence-corrected chi connectivity index (χ0v) is 15.2. The van der Waals surface area contributed by atoms with Gasteiger partial charge in [0.2, 0.25) is 5.91 Å². The predicted molar refractivity (Wildman–Crippen MR) is 94.0 cm³/mol. The van der Waals surface area contributed by atoms with Gasteiger partial charge in [-0.25, -0.2) is 0 Å². The minimum absolute atomic E-state index is 0.246. The molecule has 1 amide bonds. The van der Waals surface area contributed by atoms with Gasteiger partial charge < -0.3 is 9.80 Å². The fourth-order valence-electron chi connectivity index (χ4n) is 2.72. The molecule has 0 radical (unpaired) electrons. The van der Waals surface area contributed by atoms with Gasteiger partial charge in [-0.2, -0.15) is 0 Å². The number of piperazine rings is 1. The number of hydrogen-bond donors (Lipinski definition) is 0. The molecule has 0 atom stereocenters. The van der Waals surface area contributed by atoms with Crippen molar-refractivity contribution in [1.29, 1.82) is 0 Å². The van der Waals surface area contributed by atoms with Gasteiger partial charge in [0.05, 0.1) is 6.42 Å². The van der Waals surface area contributed by atoms with Crippen molar-refractivity contribution in [2.24, 2.45) is 0 Å². The van der Waals surface area contributed by atoms with E-state index in [1.165, 1.54) is 6.42 Å². The van der Waals surface area contributed by atoms with Crippen molar-refractivity contribution < 1.29 is 4.79 Å². The molecular weight excluding hydrogens is 342 g/mol. The Balaban J connectivity index is 1.71. The van der Waals surface area contributed by atoms with E-state index in [4.69, 9.17) is 0 Å². The topological polar surface area (TPSA) is 26.8 Å². The smallest absolute Gasteiger partial charge is 0.227 e. The van der Waals surface area contributed by atoms with Gasteiger partial charge in [-0.3, -0.25) is 9.69 Å². The maximum atomic E-state index is 12.4. The molecule has 4 nitrogen and oxygen atoms in total. The SMILES string of the molecule is CN(C)CCCN1CCN(C(=O)Cc2ccc(Br)cc2)CC1. The van der Waals surface area contributed by atoms with E-state index in [1.807, 2.05) is 29.2 Å².